The summed E-state index contributed by atoms with van der Waals surface area (Å²) in [6.07, 6.45) is 0. The zero-order valence-corrected chi connectivity index (χ0v) is 17.8. The number of furan rings is 1. The molecule has 4 rings (SSSR count). The molecule has 0 atom stereocenters. The zero-order valence-electron chi connectivity index (χ0n) is 17.8. The van der Waals surface area contributed by atoms with Gasteiger partial charge in [-0.15, -0.1) is 0 Å². The number of rotatable bonds is 6. The Morgan fingerprint density at radius 2 is 1.77 bits per heavy atom. The van der Waals surface area contributed by atoms with Gasteiger partial charge >= 0.3 is 0 Å². The van der Waals surface area contributed by atoms with Gasteiger partial charge in [-0.25, -0.2) is 4.39 Å². The molecule has 0 unspecified atom stereocenters. The van der Waals surface area contributed by atoms with Crippen molar-refractivity contribution in [3.8, 4) is 22.5 Å². The van der Waals surface area contributed by atoms with Crippen molar-refractivity contribution in [3.05, 3.63) is 78.1 Å². The number of anilines is 1. The van der Waals surface area contributed by atoms with Gasteiger partial charge in [0.1, 0.15) is 17.2 Å². The minimum Gasteiger partial charge on any atom is -0.456 e. The zero-order chi connectivity index (χ0) is 22.0. The van der Waals surface area contributed by atoms with E-state index >= 15 is 0 Å². The minimum absolute atomic E-state index is 0.0791. The van der Waals surface area contributed by atoms with Crippen molar-refractivity contribution in [2.24, 2.45) is 5.92 Å². The van der Waals surface area contributed by atoms with Gasteiger partial charge in [0.2, 0.25) is 0 Å². The van der Waals surface area contributed by atoms with Crippen molar-refractivity contribution in [2.75, 3.05) is 18.9 Å². The molecule has 0 saturated carbocycles. The Morgan fingerprint density at radius 3 is 2.48 bits per heavy atom. The maximum atomic E-state index is 13.3. The first kappa shape index (κ1) is 20.7. The van der Waals surface area contributed by atoms with Crippen LogP contribution in [0.2, 0.25) is 0 Å². The van der Waals surface area contributed by atoms with Crippen molar-refractivity contribution in [2.45, 2.75) is 13.8 Å². The van der Waals surface area contributed by atoms with E-state index in [4.69, 9.17) is 4.42 Å². The van der Waals surface area contributed by atoms with E-state index < -0.39 is 0 Å². The Morgan fingerprint density at radius 1 is 1.00 bits per heavy atom. The lowest BCUT2D eigenvalue weighted by Crippen LogP contribution is -2.27. The molecule has 4 aromatic rings. The molecule has 2 N–H and O–H groups in total. The highest BCUT2D eigenvalue weighted by atomic mass is 19.1. The summed E-state index contributed by atoms with van der Waals surface area (Å²) in [5.41, 5.74) is 4.98. The number of hydrogen-bond donors (Lipinski definition) is 2. The Kier molecular flexibility index (Phi) is 5.76. The van der Waals surface area contributed by atoms with E-state index in [0.717, 1.165) is 33.3 Å². The summed E-state index contributed by atoms with van der Waals surface area (Å²) in [6.45, 7) is 4.77. The molecule has 0 spiro atoms. The molecular formula is C26H25FN2O2. The van der Waals surface area contributed by atoms with Gasteiger partial charge < -0.3 is 15.1 Å². The third-order valence-corrected chi connectivity index (χ3v) is 5.16. The van der Waals surface area contributed by atoms with Crippen LogP contribution < -0.4 is 10.6 Å². The van der Waals surface area contributed by atoms with E-state index in [0.29, 0.717) is 23.8 Å². The Balaban J connectivity index is 1.72. The number of halogens is 1. The molecular weight excluding hydrogens is 391 g/mol. The van der Waals surface area contributed by atoms with Crippen LogP contribution in [0.5, 0.6) is 0 Å². The molecule has 0 radical (unpaired) electrons. The van der Waals surface area contributed by atoms with Crippen LogP contribution in [-0.4, -0.2) is 19.5 Å². The van der Waals surface area contributed by atoms with E-state index in [1.54, 1.807) is 12.1 Å². The molecule has 31 heavy (non-hydrogen) atoms. The van der Waals surface area contributed by atoms with Gasteiger partial charge in [-0.1, -0.05) is 26.0 Å². The smallest absolute Gasteiger partial charge is 0.251 e. The molecule has 1 aromatic heterocycles. The van der Waals surface area contributed by atoms with Gasteiger partial charge in [0.05, 0.1) is 0 Å². The minimum atomic E-state index is -0.281. The highest BCUT2D eigenvalue weighted by Crippen LogP contribution is 2.36. The quantitative estimate of drug-likeness (QED) is 0.386. The molecule has 1 amide bonds. The summed E-state index contributed by atoms with van der Waals surface area (Å²) in [7, 11) is 1.85. The lowest BCUT2D eigenvalue weighted by molar-refractivity contribution is 0.0949. The van der Waals surface area contributed by atoms with Crippen LogP contribution in [0.25, 0.3) is 33.4 Å². The lowest BCUT2D eigenvalue weighted by Gasteiger charge is -2.12. The normalized spacial score (nSPS) is 11.1. The highest BCUT2D eigenvalue weighted by Gasteiger charge is 2.14. The predicted octanol–water partition coefficient (Wildman–Crippen LogP) is 6.33. The maximum absolute atomic E-state index is 13.3. The second-order valence-electron chi connectivity index (χ2n) is 7.99. The van der Waals surface area contributed by atoms with E-state index in [1.807, 2.05) is 49.5 Å². The number of benzene rings is 3. The predicted molar refractivity (Wildman–Crippen MR) is 124 cm³/mol. The van der Waals surface area contributed by atoms with Crippen molar-refractivity contribution in [3.63, 3.8) is 0 Å². The van der Waals surface area contributed by atoms with Crippen LogP contribution in [0.1, 0.15) is 24.2 Å². The number of carbonyl (C=O) groups is 1. The van der Waals surface area contributed by atoms with E-state index in [2.05, 4.69) is 24.5 Å². The van der Waals surface area contributed by atoms with Crippen molar-refractivity contribution in [1.29, 1.82) is 0 Å². The molecule has 0 aliphatic heterocycles. The van der Waals surface area contributed by atoms with Crippen molar-refractivity contribution < 1.29 is 13.6 Å². The molecule has 0 fully saturated rings. The van der Waals surface area contributed by atoms with Crippen molar-refractivity contribution >= 4 is 22.6 Å². The summed E-state index contributed by atoms with van der Waals surface area (Å²) >= 11 is 0. The maximum Gasteiger partial charge on any atom is 0.251 e. The van der Waals surface area contributed by atoms with Crippen LogP contribution in [0.4, 0.5) is 10.1 Å². The third kappa shape index (κ3) is 4.45. The Bertz CT molecular complexity index is 1230. The summed E-state index contributed by atoms with van der Waals surface area (Å²) in [4.78, 5) is 12.5. The number of carbonyl (C=O) groups excluding carboxylic acids is 1. The monoisotopic (exact) mass is 416 g/mol. The highest BCUT2D eigenvalue weighted by molar-refractivity contribution is 5.98. The van der Waals surface area contributed by atoms with Crippen LogP contribution in [0.15, 0.2) is 71.1 Å². The van der Waals surface area contributed by atoms with Crippen LogP contribution in [0.3, 0.4) is 0 Å². The third-order valence-electron chi connectivity index (χ3n) is 5.16. The number of amides is 1. The van der Waals surface area contributed by atoms with E-state index in [-0.39, 0.29) is 11.7 Å². The SMILES string of the molecule is CNc1cc2oc(-c3ccc(F)cc3)cc2cc1-c1cccc(C(=O)NCC(C)C)c1. The first-order chi connectivity index (χ1) is 14.9. The number of nitrogens with one attached hydrogen (secondary N) is 2. The number of hydrogen-bond acceptors (Lipinski definition) is 3. The summed E-state index contributed by atoms with van der Waals surface area (Å²) < 4.78 is 19.3. The fourth-order valence-corrected chi connectivity index (χ4v) is 3.52. The van der Waals surface area contributed by atoms with Gasteiger partial charge in [-0.3, -0.25) is 4.79 Å². The van der Waals surface area contributed by atoms with Crippen LogP contribution >= 0.6 is 0 Å². The second kappa shape index (κ2) is 8.64. The van der Waals surface area contributed by atoms with Crippen LogP contribution in [-0.2, 0) is 0 Å². The molecule has 4 nitrogen and oxygen atoms in total. The average Bonchev–Trinajstić information content (AvgIpc) is 3.20. The fourth-order valence-electron chi connectivity index (χ4n) is 3.52. The second-order valence-corrected chi connectivity index (χ2v) is 7.99. The van der Waals surface area contributed by atoms with Gasteiger partial charge in [-0.2, -0.15) is 0 Å². The first-order valence-corrected chi connectivity index (χ1v) is 10.3. The van der Waals surface area contributed by atoms with Gasteiger partial charge in [-0.05, 0) is 60.0 Å². The summed E-state index contributed by atoms with van der Waals surface area (Å²) in [6, 6.07) is 19.8. The van der Waals surface area contributed by atoms with Gasteiger partial charge in [0, 0.05) is 47.4 Å². The summed E-state index contributed by atoms with van der Waals surface area (Å²) in [5.74, 6) is 0.708. The molecule has 0 saturated heterocycles. The summed E-state index contributed by atoms with van der Waals surface area (Å²) in [5, 5.41) is 7.12. The lowest BCUT2D eigenvalue weighted by atomic mass is 9.99. The molecule has 5 heteroatoms. The van der Waals surface area contributed by atoms with Crippen molar-refractivity contribution in [1.82, 2.24) is 5.32 Å². The molecule has 0 aliphatic carbocycles. The molecule has 0 aliphatic rings. The molecule has 158 valence electrons. The fraction of sp³-hybridized carbons (Fsp3) is 0.192. The number of fused-ring (bicyclic) bond motifs is 1. The van der Waals surface area contributed by atoms with Crippen LogP contribution in [0, 0.1) is 11.7 Å². The van der Waals surface area contributed by atoms with Gasteiger partial charge in [0.25, 0.3) is 5.91 Å². The molecule has 1 heterocycles. The Labute approximate surface area is 181 Å². The Hall–Kier alpha value is -3.60. The average molecular weight is 416 g/mol. The van der Waals surface area contributed by atoms with E-state index in [9.17, 15) is 9.18 Å². The largest absolute Gasteiger partial charge is 0.456 e. The van der Waals surface area contributed by atoms with E-state index in [1.165, 1.54) is 12.1 Å². The topological polar surface area (TPSA) is 54.3 Å². The standard InChI is InChI=1S/C26H25FN2O2/c1-16(2)15-29-26(30)19-6-4-5-18(11-19)22-12-20-13-24(17-7-9-21(27)10-8-17)31-25(20)14-23(22)28-3/h4-14,16,28H,15H2,1-3H3,(H,29,30). The van der Waals surface area contributed by atoms with Gasteiger partial charge in [0.15, 0.2) is 0 Å². The molecule has 3 aromatic carbocycles. The molecule has 0 bridgehead atoms. The first-order valence-electron chi connectivity index (χ1n) is 10.3.